The number of nitrogens with zero attached hydrogens (tertiary/aromatic N) is 3. The average Bonchev–Trinajstić information content (AvgIpc) is 2.93. The lowest BCUT2D eigenvalue weighted by molar-refractivity contribution is 0.0459. The van der Waals surface area contributed by atoms with E-state index in [0.717, 1.165) is 59.4 Å². The van der Waals surface area contributed by atoms with E-state index in [0.29, 0.717) is 6.54 Å². The zero-order valence-corrected chi connectivity index (χ0v) is 22.2. The van der Waals surface area contributed by atoms with E-state index in [1.165, 1.54) is 11.1 Å². The van der Waals surface area contributed by atoms with Crippen molar-refractivity contribution < 1.29 is 9.84 Å². The van der Waals surface area contributed by atoms with Gasteiger partial charge in [0, 0.05) is 66.8 Å². The number of fused-ring (bicyclic) bond motifs is 1. The Kier molecular flexibility index (Phi) is 8.59. The molecule has 37 heavy (non-hydrogen) atoms. The molecule has 0 amide bonds. The van der Waals surface area contributed by atoms with Gasteiger partial charge in [-0.1, -0.05) is 53.5 Å². The summed E-state index contributed by atoms with van der Waals surface area (Å²) in [5, 5.41) is 13.1. The number of aliphatic hydroxyl groups excluding tert-OH is 1. The van der Waals surface area contributed by atoms with Crippen molar-refractivity contribution in [3.63, 3.8) is 0 Å². The van der Waals surface area contributed by atoms with Crippen LogP contribution < -0.4 is 4.74 Å². The van der Waals surface area contributed by atoms with Crippen molar-refractivity contribution in [2.24, 2.45) is 0 Å². The van der Waals surface area contributed by atoms with Crippen molar-refractivity contribution in [2.75, 3.05) is 45.9 Å². The maximum Gasteiger partial charge on any atom is 0.128 e. The maximum atomic E-state index is 10.7. The van der Waals surface area contributed by atoms with Gasteiger partial charge in [0.25, 0.3) is 0 Å². The van der Waals surface area contributed by atoms with Gasteiger partial charge in [0.05, 0.1) is 5.52 Å². The normalized spacial score (nSPS) is 15.8. The van der Waals surface area contributed by atoms with Crippen molar-refractivity contribution in [2.45, 2.75) is 12.0 Å². The minimum atomic E-state index is -0.561. The van der Waals surface area contributed by atoms with E-state index in [1.54, 1.807) is 6.20 Å². The molecular weight excluding hydrogens is 505 g/mol. The number of benzene rings is 3. The van der Waals surface area contributed by atoms with Crippen LogP contribution in [0.15, 0.2) is 85.1 Å². The molecule has 192 valence electrons. The molecule has 1 atom stereocenters. The molecule has 5 nitrogen and oxygen atoms in total. The molecule has 1 unspecified atom stereocenters. The summed E-state index contributed by atoms with van der Waals surface area (Å²) in [6, 6.07) is 26.0. The highest BCUT2D eigenvalue weighted by Crippen LogP contribution is 2.29. The SMILES string of the molecule is OC(COc1cccc2ncccc12)CN1CCN(CC(c2ccc(Cl)cc2)c2ccc(Cl)cc2)CC1. The molecule has 1 aliphatic rings. The van der Waals surface area contributed by atoms with Gasteiger partial charge in [0.1, 0.15) is 18.5 Å². The van der Waals surface area contributed by atoms with Crippen LogP contribution in [-0.4, -0.2) is 71.9 Å². The molecule has 5 rings (SSSR count). The average molecular weight is 537 g/mol. The van der Waals surface area contributed by atoms with Crippen molar-refractivity contribution in [1.82, 2.24) is 14.8 Å². The summed E-state index contributed by atoms with van der Waals surface area (Å²) in [6.07, 6.45) is 1.21. The van der Waals surface area contributed by atoms with Gasteiger partial charge in [0.15, 0.2) is 0 Å². The highest BCUT2D eigenvalue weighted by Gasteiger charge is 2.24. The Balaban J connectivity index is 1.15. The standard InChI is InChI=1S/C30H31Cl2N3O2/c31-24-10-6-22(7-11-24)28(23-8-12-25(32)13-9-23)20-35-17-15-34(16-18-35)19-26(36)21-37-30-5-1-4-29-27(30)3-2-14-33-29/h1-14,26,28,36H,15-21H2. The number of aromatic nitrogens is 1. The third kappa shape index (κ3) is 6.81. The van der Waals surface area contributed by atoms with Crippen molar-refractivity contribution in [3.05, 3.63) is 106 Å². The molecule has 0 radical (unpaired) electrons. The third-order valence-electron chi connectivity index (χ3n) is 6.96. The molecule has 1 aromatic heterocycles. The minimum absolute atomic E-state index is 0.232. The zero-order valence-electron chi connectivity index (χ0n) is 20.6. The van der Waals surface area contributed by atoms with E-state index in [2.05, 4.69) is 39.0 Å². The summed E-state index contributed by atoms with van der Waals surface area (Å²) in [6.45, 7) is 5.46. The number of rotatable bonds is 9. The fourth-order valence-electron chi connectivity index (χ4n) is 4.94. The van der Waals surface area contributed by atoms with Gasteiger partial charge in [-0.15, -0.1) is 0 Å². The van der Waals surface area contributed by atoms with Crippen LogP contribution in [-0.2, 0) is 0 Å². The van der Waals surface area contributed by atoms with Crippen LogP contribution in [0.4, 0.5) is 0 Å². The summed E-state index contributed by atoms with van der Waals surface area (Å²) in [5.74, 6) is 0.986. The lowest BCUT2D eigenvalue weighted by atomic mass is 9.90. The highest BCUT2D eigenvalue weighted by molar-refractivity contribution is 6.30. The Bertz CT molecular complexity index is 1240. The van der Waals surface area contributed by atoms with E-state index < -0.39 is 6.10 Å². The first kappa shape index (κ1) is 26.0. The Hall–Kier alpha value is -2.67. The van der Waals surface area contributed by atoms with Crippen LogP contribution >= 0.6 is 23.2 Å². The molecule has 3 aromatic carbocycles. The summed E-state index contributed by atoms with van der Waals surface area (Å²) in [5.41, 5.74) is 3.37. The van der Waals surface area contributed by atoms with E-state index in [1.807, 2.05) is 54.6 Å². The number of pyridine rings is 1. The van der Waals surface area contributed by atoms with Gasteiger partial charge >= 0.3 is 0 Å². The van der Waals surface area contributed by atoms with E-state index in [9.17, 15) is 5.11 Å². The smallest absolute Gasteiger partial charge is 0.128 e. The second kappa shape index (κ2) is 12.2. The maximum absolute atomic E-state index is 10.7. The quantitative estimate of drug-likeness (QED) is 0.296. The number of halogens is 2. The number of β-amino-alcohol motifs (C(OH)–C–C–N with tert-alkyl or cyclic N) is 1. The first-order chi connectivity index (χ1) is 18.0. The third-order valence-corrected chi connectivity index (χ3v) is 7.46. The molecule has 0 saturated carbocycles. The van der Waals surface area contributed by atoms with Gasteiger partial charge in [-0.3, -0.25) is 14.8 Å². The fourth-order valence-corrected chi connectivity index (χ4v) is 5.20. The highest BCUT2D eigenvalue weighted by atomic mass is 35.5. The summed E-state index contributed by atoms with van der Waals surface area (Å²) in [4.78, 5) is 9.18. The van der Waals surface area contributed by atoms with Crippen LogP contribution in [0.25, 0.3) is 10.9 Å². The van der Waals surface area contributed by atoms with Gasteiger partial charge < -0.3 is 9.84 Å². The molecule has 1 fully saturated rings. The zero-order chi connectivity index (χ0) is 25.6. The predicted molar refractivity (Wildman–Crippen MR) is 151 cm³/mol. The molecule has 1 N–H and O–H groups in total. The molecular formula is C30H31Cl2N3O2. The largest absolute Gasteiger partial charge is 0.490 e. The van der Waals surface area contributed by atoms with Crippen molar-refractivity contribution in [1.29, 1.82) is 0 Å². The number of ether oxygens (including phenoxy) is 1. The molecule has 0 aliphatic carbocycles. The minimum Gasteiger partial charge on any atom is -0.490 e. The Morgan fingerprint density at radius 1 is 0.757 bits per heavy atom. The van der Waals surface area contributed by atoms with E-state index in [4.69, 9.17) is 27.9 Å². The van der Waals surface area contributed by atoms with Gasteiger partial charge in [-0.2, -0.15) is 0 Å². The van der Waals surface area contributed by atoms with Gasteiger partial charge in [0.2, 0.25) is 0 Å². The summed E-state index contributed by atoms with van der Waals surface area (Å²) < 4.78 is 5.97. The molecule has 7 heteroatoms. The molecule has 2 heterocycles. The second-order valence-electron chi connectivity index (χ2n) is 9.55. The van der Waals surface area contributed by atoms with Crippen LogP contribution in [0.5, 0.6) is 5.75 Å². The first-order valence-electron chi connectivity index (χ1n) is 12.7. The van der Waals surface area contributed by atoms with Gasteiger partial charge in [-0.05, 0) is 59.7 Å². The van der Waals surface area contributed by atoms with Crippen LogP contribution in [0.1, 0.15) is 17.0 Å². The Labute approximate surface area is 228 Å². The molecule has 1 saturated heterocycles. The topological polar surface area (TPSA) is 48.8 Å². The fraction of sp³-hybridized carbons (Fsp3) is 0.300. The Morgan fingerprint density at radius 3 is 1.97 bits per heavy atom. The summed E-state index contributed by atoms with van der Waals surface area (Å²) >= 11 is 12.3. The number of aliphatic hydroxyl groups is 1. The van der Waals surface area contributed by atoms with E-state index >= 15 is 0 Å². The predicted octanol–water partition coefficient (Wildman–Crippen LogP) is 5.73. The van der Waals surface area contributed by atoms with Gasteiger partial charge in [-0.25, -0.2) is 0 Å². The number of piperazine rings is 1. The Morgan fingerprint density at radius 2 is 1.35 bits per heavy atom. The van der Waals surface area contributed by atoms with E-state index in [-0.39, 0.29) is 12.5 Å². The molecule has 0 spiro atoms. The summed E-state index contributed by atoms with van der Waals surface area (Å²) in [7, 11) is 0. The lowest BCUT2D eigenvalue weighted by Crippen LogP contribution is -2.50. The monoisotopic (exact) mass is 535 g/mol. The molecule has 4 aromatic rings. The van der Waals surface area contributed by atoms with Crippen LogP contribution in [0.2, 0.25) is 10.0 Å². The second-order valence-corrected chi connectivity index (χ2v) is 10.4. The number of hydrogen-bond acceptors (Lipinski definition) is 5. The van der Waals surface area contributed by atoms with Crippen LogP contribution in [0, 0.1) is 0 Å². The molecule has 1 aliphatic heterocycles. The first-order valence-corrected chi connectivity index (χ1v) is 13.4. The molecule has 0 bridgehead atoms. The van der Waals surface area contributed by atoms with Crippen molar-refractivity contribution >= 4 is 34.1 Å². The lowest BCUT2D eigenvalue weighted by Gasteiger charge is -2.37. The number of hydrogen-bond donors (Lipinski definition) is 1. The van der Waals surface area contributed by atoms with Crippen molar-refractivity contribution in [3.8, 4) is 5.75 Å². The van der Waals surface area contributed by atoms with Crippen LogP contribution in [0.3, 0.4) is 0 Å².